The third kappa shape index (κ3) is 4.22. The summed E-state index contributed by atoms with van der Waals surface area (Å²) in [4.78, 5) is 20.9. The van der Waals surface area contributed by atoms with E-state index in [2.05, 4.69) is 11.3 Å². The molecule has 0 aromatic rings. The van der Waals surface area contributed by atoms with Gasteiger partial charge in [0.05, 0.1) is 19.0 Å². The Labute approximate surface area is 82.8 Å². The largest absolute Gasteiger partial charge is 1.00 e. The molecule has 4 nitrogen and oxygen atoms in total. The average Bonchev–Trinajstić information content (AvgIpc) is 1.98. The molecule has 1 unspecified atom stereocenters. The van der Waals surface area contributed by atoms with Gasteiger partial charge in [0, 0.05) is 0 Å². The maximum Gasteiger partial charge on any atom is 1.00 e. The monoisotopic (exact) mass is 164 g/mol. The molecule has 1 atom stereocenters. The van der Waals surface area contributed by atoms with Crippen LogP contribution in [0.4, 0.5) is 0 Å². The predicted molar refractivity (Wildman–Crippen MR) is 35.3 cm³/mol. The van der Waals surface area contributed by atoms with E-state index in [0.29, 0.717) is 0 Å². The summed E-state index contributed by atoms with van der Waals surface area (Å²) in [6, 6.07) is 0. The fourth-order valence-corrected chi connectivity index (χ4v) is 0.598. The summed E-state index contributed by atoms with van der Waals surface area (Å²) < 4.78 is 4.22. The molecule has 0 aliphatic carbocycles. The Hall–Kier alpha value is -0.723. The molecular weight excluding hydrogens is 155 g/mol. The minimum atomic E-state index is -1.43. The Balaban J connectivity index is 0. The molecule has 0 spiro atoms. The SMILES string of the molecule is C=CCC(C(=O)[O-])C(=O)OC.[Li+]. The minimum Gasteiger partial charge on any atom is -0.549 e. The van der Waals surface area contributed by atoms with Crippen LogP contribution in [-0.2, 0) is 14.3 Å². The number of carbonyl (C=O) groups is 2. The first-order valence-electron chi connectivity index (χ1n) is 3.03. The molecule has 12 heavy (non-hydrogen) atoms. The molecule has 0 bridgehead atoms. The fourth-order valence-electron chi connectivity index (χ4n) is 0.598. The summed E-state index contributed by atoms with van der Waals surface area (Å²) in [5.41, 5.74) is 0. The third-order valence-corrected chi connectivity index (χ3v) is 1.17. The second-order valence-corrected chi connectivity index (χ2v) is 1.92. The second-order valence-electron chi connectivity index (χ2n) is 1.92. The molecule has 0 saturated carbocycles. The molecule has 0 rings (SSSR count). The normalized spacial score (nSPS) is 10.8. The van der Waals surface area contributed by atoms with E-state index in [1.54, 1.807) is 0 Å². The molecule has 0 saturated heterocycles. The number of hydrogen-bond donors (Lipinski definition) is 0. The Kier molecular flexibility index (Phi) is 8.02. The first-order valence-corrected chi connectivity index (χ1v) is 3.03. The zero-order valence-electron chi connectivity index (χ0n) is 7.20. The van der Waals surface area contributed by atoms with Crippen LogP contribution in [0.25, 0.3) is 0 Å². The van der Waals surface area contributed by atoms with E-state index in [-0.39, 0.29) is 25.3 Å². The zero-order valence-corrected chi connectivity index (χ0v) is 7.20. The van der Waals surface area contributed by atoms with Gasteiger partial charge in [-0.2, -0.15) is 0 Å². The molecule has 0 aliphatic heterocycles. The minimum absolute atomic E-state index is 0. The number of esters is 1. The number of allylic oxidation sites excluding steroid dienone is 1. The van der Waals surface area contributed by atoms with Crippen LogP contribution in [0.1, 0.15) is 6.42 Å². The molecule has 0 N–H and O–H groups in total. The molecule has 0 aliphatic rings. The van der Waals surface area contributed by atoms with Gasteiger partial charge in [-0.25, -0.2) is 0 Å². The van der Waals surface area contributed by atoms with Gasteiger partial charge in [-0.05, 0) is 6.42 Å². The van der Waals surface area contributed by atoms with E-state index in [1.807, 2.05) is 0 Å². The van der Waals surface area contributed by atoms with Crippen LogP contribution < -0.4 is 24.0 Å². The van der Waals surface area contributed by atoms with E-state index in [9.17, 15) is 14.7 Å². The van der Waals surface area contributed by atoms with Crippen molar-refractivity contribution in [1.82, 2.24) is 0 Å². The number of carboxylic acids is 1. The average molecular weight is 164 g/mol. The molecule has 0 heterocycles. The predicted octanol–water partition coefficient (Wildman–Crippen LogP) is -3.89. The van der Waals surface area contributed by atoms with Crippen molar-refractivity contribution in [1.29, 1.82) is 0 Å². The van der Waals surface area contributed by atoms with Crippen LogP contribution in [0.5, 0.6) is 0 Å². The number of hydrogen-bond acceptors (Lipinski definition) is 4. The summed E-state index contributed by atoms with van der Waals surface area (Å²) in [7, 11) is 1.13. The van der Waals surface area contributed by atoms with E-state index < -0.39 is 17.9 Å². The van der Waals surface area contributed by atoms with Gasteiger partial charge in [-0.15, -0.1) is 6.58 Å². The summed E-state index contributed by atoms with van der Waals surface area (Å²) in [6.45, 7) is 3.30. The van der Waals surface area contributed by atoms with Crippen LogP contribution in [0.3, 0.4) is 0 Å². The number of rotatable bonds is 4. The van der Waals surface area contributed by atoms with Crippen molar-refractivity contribution in [2.24, 2.45) is 5.92 Å². The van der Waals surface area contributed by atoms with Crippen molar-refractivity contribution in [3.8, 4) is 0 Å². The molecule has 5 heteroatoms. The van der Waals surface area contributed by atoms with Gasteiger partial charge in [-0.1, -0.05) is 6.08 Å². The summed E-state index contributed by atoms with van der Waals surface area (Å²) in [6.07, 6.45) is 1.37. The maximum absolute atomic E-state index is 10.7. The van der Waals surface area contributed by atoms with Gasteiger partial charge >= 0.3 is 24.8 Å². The van der Waals surface area contributed by atoms with Crippen molar-refractivity contribution < 1.29 is 38.3 Å². The van der Waals surface area contributed by atoms with Gasteiger partial charge in [-0.3, -0.25) is 4.79 Å². The first kappa shape index (κ1) is 13.8. The Morgan fingerprint density at radius 2 is 2.17 bits per heavy atom. The Morgan fingerprint density at radius 1 is 1.67 bits per heavy atom. The Bertz CT molecular complexity index is 178. The van der Waals surface area contributed by atoms with Gasteiger partial charge in [0.2, 0.25) is 0 Å². The molecular formula is C7H9LiO4. The number of ether oxygens (including phenoxy) is 1. The standard InChI is InChI=1S/C7H10O4.Li/c1-3-4-5(6(8)9)7(10)11-2;/h3,5H,1,4H2,2H3,(H,8,9);/q;+1/p-1. The number of methoxy groups -OCH3 is 1. The molecule has 0 fully saturated rings. The van der Waals surface area contributed by atoms with Gasteiger partial charge in [0.15, 0.2) is 0 Å². The van der Waals surface area contributed by atoms with Crippen molar-refractivity contribution >= 4 is 11.9 Å². The van der Waals surface area contributed by atoms with Crippen molar-refractivity contribution in [2.75, 3.05) is 7.11 Å². The van der Waals surface area contributed by atoms with Gasteiger partial charge in [0.1, 0.15) is 0 Å². The first-order chi connectivity index (χ1) is 5.13. The van der Waals surface area contributed by atoms with Crippen molar-refractivity contribution in [2.45, 2.75) is 6.42 Å². The smallest absolute Gasteiger partial charge is 0.549 e. The zero-order chi connectivity index (χ0) is 8.85. The van der Waals surface area contributed by atoms with Crippen LogP contribution in [0, 0.1) is 5.92 Å². The number of carbonyl (C=O) groups excluding carboxylic acids is 2. The van der Waals surface area contributed by atoms with Crippen molar-refractivity contribution in [3.05, 3.63) is 12.7 Å². The second kappa shape index (κ2) is 6.96. The number of aliphatic carboxylic acids is 1. The van der Waals surface area contributed by atoms with Crippen LogP contribution in [0.2, 0.25) is 0 Å². The summed E-state index contributed by atoms with van der Waals surface area (Å²) >= 11 is 0. The van der Waals surface area contributed by atoms with Gasteiger partial charge < -0.3 is 14.6 Å². The third-order valence-electron chi connectivity index (χ3n) is 1.17. The summed E-state index contributed by atoms with van der Waals surface area (Å²) in [5.74, 6) is -3.46. The van der Waals surface area contributed by atoms with Crippen molar-refractivity contribution in [3.63, 3.8) is 0 Å². The Morgan fingerprint density at radius 3 is 2.42 bits per heavy atom. The van der Waals surface area contributed by atoms with Crippen LogP contribution in [-0.4, -0.2) is 19.0 Å². The summed E-state index contributed by atoms with van der Waals surface area (Å²) in [5, 5.41) is 10.2. The number of carboxylic acid groups (broad SMARTS) is 1. The molecule has 0 aromatic heterocycles. The van der Waals surface area contributed by atoms with Crippen LogP contribution >= 0.6 is 0 Å². The van der Waals surface area contributed by atoms with E-state index in [4.69, 9.17) is 0 Å². The quantitative estimate of drug-likeness (QED) is 0.184. The molecule has 62 valence electrons. The molecule has 0 aromatic carbocycles. The topological polar surface area (TPSA) is 66.4 Å². The molecule has 0 radical (unpaired) electrons. The maximum atomic E-state index is 10.7. The van der Waals surface area contributed by atoms with E-state index in [0.717, 1.165) is 7.11 Å². The molecule has 0 amide bonds. The van der Waals surface area contributed by atoms with Crippen LogP contribution in [0.15, 0.2) is 12.7 Å². The van der Waals surface area contributed by atoms with E-state index >= 15 is 0 Å². The van der Waals surface area contributed by atoms with Gasteiger partial charge in [0.25, 0.3) is 0 Å². The fraction of sp³-hybridized carbons (Fsp3) is 0.429. The van der Waals surface area contributed by atoms with E-state index in [1.165, 1.54) is 6.08 Å².